The molecular formula is C14H15N3O. The largest absolute Gasteiger partial charge is 0.373 e. The van der Waals surface area contributed by atoms with Gasteiger partial charge in [-0.2, -0.15) is 0 Å². The third kappa shape index (κ3) is 1.66. The topological polar surface area (TPSA) is 50.9 Å². The lowest BCUT2D eigenvalue weighted by molar-refractivity contribution is 0.0979. The fourth-order valence-corrected chi connectivity index (χ4v) is 2.29. The van der Waals surface area contributed by atoms with Gasteiger partial charge in [0.25, 0.3) is 0 Å². The van der Waals surface area contributed by atoms with Crippen molar-refractivity contribution in [2.45, 2.75) is 26.0 Å². The van der Waals surface area contributed by atoms with Crippen molar-refractivity contribution in [3.63, 3.8) is 0 Å². The fraction of sp³-hybridized carbons (Fsp3) is 0.286. The van der Waals surface area contributed by atoms with Crippen molar-refractivity contribution >= 4 is 21.9 Å². The van der Waals surface area contributed by atoms with Crippen LogP contribution >= 0.6 is 0 Å². The maximum absolute atomic E-state index is 10.2. The summed E-state index contributed by atoms with van der Waals surface area (Å²) in [4.78, 5) is 8.68. The molecular weight excluding hydrogens is 226 g/mol. The molecule has 0 aliphatic heterocycles. The van der Waals surface area contributed by atoms with Crippen molar-refractivity contribution in [3.05, 3.63) is 36.8 Å². The Bertz CT molecular complexity index is 690. The summed E-state index contributed by atoms with van der Waals surface area (Å²) in [5.41, 5.74) is 2.71. The lowest BCUT2D eigenvalue weighted by Crippen LogP contribution is -2.06. The number of pyridine rings is 1. The number of rotatable bonds is 3. The number of hydrogen-bond donors (Lipinski definition) is 1. The van der Waals surface area contributed by atoms with Crippen LogP contribution in [0.3, 0.4) is 0 Å². The lowest BCUT2D eigenvalue weighted by atomic mass is 10.2. The summed E-state index contributed by atoms with van der Waals surface area (Å²) in [6, 6.07) is 7.93. The highest BCUT2D eigenvalue weighted by Crippen LogP contribution is 2.25. The van der Waals surface area contributed by atoms with Crippen LogP contribution in [-0.4, -0.2) is 19.6 Å². The van der Waals surface area contributed by atoms with Crippen LogP contribution in [-0.2, 0) is 0 Å². The molecule has 92 valence electrons. The Morgan fingerprint density at radius 3 is 2.89 bits per heavy atom. The Balaban J connectivity index is 2.30. The molecule has 0 aliphatic carbocycles. The second-order valence-corrected chi connectivity index (χ2v) is 4.43. The third-order valence-corrected chi connectivity index (χ3v) is 3.18. The summed E-state index contributed by atoms with van der Waals surface area (Å²) in [5.74, 6) is 0. The Kier molecular flexibility index (Phi) is 2.72. The number of para-hydroxylation sites is 1. The number of aliphatic hydroxyl groups is 1. The smallest absolute Gasteiger partial charge is 0.132 e. The minimum Gasteiger partial charge on any atom is -0.373 e. The van der Waals surface area contributed by atoms with Crippen LogP contribution in [0.25, 0.3) is 21.9 Å². The van der Waals surface area contributed by atoms with E-state index in [2.05, 4.69) is 16.9 Å². The first-order valence-corrected chi connectivity index (χ1v) is 6.19. The van der Waals surface area contributed by atoms with Gasteiger partial charge in [-0.25, -0.2) is 4.98 Å². The molecule has 0 aliphatic rings. The molecule has 3 aromatic rings. The highest BCUT2D eigenvalue weighted by Gasteiger charge is 2.12. The van der Waals surface area contributed by atoms with Crippen LogP contribution in [0.5, 0.6) is 0 Å². The zero-order valence-electron chi connectivity index (χ0n) is 10.2. The number of fused-ring (bicyclic) bond motifs is 3. The van der Waals surface area contributed by atoms with Gasteiger partial charge in [0.1, 0.15) is 11.7 Å². The monoisotopic (exact) mass is 241 g/mol. The highest BCUT2D eigenvalue weighted by atomic mass is 16.3. The standard InChI is InChI=1S/C14H15N3O/c1-2-5-13(18)17-9-16-12-8-15-11-7-4-3-6-10(11)14(12)17/h3-4,6-9,13,18H,2,5H2,1H3. The number of imidazole rings is 1. The van der Waals surface area contributed by atoms with E-state index in [-0.39, 0.29) is 0 Å². The van der Waals surface area contributed by atoms with Crippen molar-refractivity contribution in [1.29, 1.82) is 0 Å². The third-order valence-electron chi connectivity index (χ3n) is 3.18. The van der Waals surface area contributed by atoms with E-state index in [1.165, 1.54) is 0 Å². The molecule has 0 saturated carbocycles. The van der Waals surface area contributed by atoms with Gasteiger partial charge in [0, 0.05) is 5.39 Å². The lowest BCUT2D eigenvalue weighted by Gasteiger charge is -2.12. The summed E-state index contributed by atoms with van der Waals surface area (Å²) in [5, 5.41) is 11.2. The Morgan fingerprint density at radius 1 is 1.22 bits per heavy atom. The van der Waals surface area contributed by atoms with Crippen molar-refractivity contribution in [3.8, 4) is 0 Å². The Morgan fingerprint density at radius 2 is 2.06 bits per heavy atom. The van der Waals surface area contributed by atoms with Crippen LogP contribution in [0.1, 0.15) is 26.0 Å². The second-order valence-electron chi connectivity index (χ2n) is 4.43. The zero-order chi connectivity index (χ0) is 12.5. The zero-order valence-corrected chi connectivity index (χ0v) is 10.2. The first kappa shape index (κ1) is 11.2. The van der Waals surface area contributed by atoms with E-state index < -0.39 is 6.23 Å². The number of nitrogens with zero attached hydrogens (tertiary/aromatic N) is 3. The van der Waals surface area contributed by atoms with Crippen molar-refractivity contribution in [2.24, 2.45) is 0 Å². The molecule has 2 aromatic heterocycles. The van der Waals surface area contributed by atoms with Crippen molar-refractivity contribution in [1.82, 2.24) is 14.5 Å². The van der Waals surface area contributed by atoms with Gasteiger partial charge >= 0.3 is 0 Å². The summed E-state index contributed by atoms with van der Waals surface area (Å²) in [6.45, 7) is 2.06. The molecule has 0 bridgehead atoms. The molecule has 1 unspecified atom stereocenters. The van der Waals surface area contributed by atoms with E-state index in [1.807, 2.05) is 28.8 Å². The minimum absolute atomic E-state index is 0.522. The van der Waals surface area contributed by atoms with Crippen molar-refractivity contribution < 1.29 is 5.11 Å². The molecule has 4 heteroatoms. The first-order chi connectivity index (χ1) is 8.81. The molecule has 0 spiro atoms. The van der Waals surface area contributed by atoms with Crippen LogP contribution in [0.15, 0.2) is 36.8 Å². The molecule has 18 heavy (non-hydrogen) atoms. The number of aromatic nitrogens is 3. The first-order valence-electron chi connectivity index (χ1n) is 6.19. The van der Waals surface area contributed by atoms with E-state index >= 15 is 0 Å². The molecule has 1 N–H and O–H groups in total. The van der Waals surface area contributed by atoms with Gasteiger partial charge in [-0.15, -0.1) is 0 Å². The van der Waals surface area contributed by atoms with E-state index in [0.717, 1.165) is 34.8 Å². The Labute approximate surface area is 105 Å². The van der Waals surface area contributed by atoms with Crippen LogP contribution in [0.4, 0.5) is 0 Å². The molecule has 0 amide bonds. The maximum atomic E-state index is 10.2. The molecule has 4 nitrogen and oxygen atoms in total. The van der Waals surface area contributed by atoms with Gasteiger partial charge in [0.05, 0.1) is 23.6 Å². The molecule has 3 rings (SSSR count). The highest BCUT2D eigenvalue weighted by molar-refractivity contribution is 6.01. The summed E-state index contributed by atoms with van der Waals surface area (Å²) >= 11 is 0. The second kappa shape index (κ2) is 4.38. The van der Waals surface area contributed by atoms with Gasteiger partial charge < -0.3 is 9.67 Å². The summed E-state index contributed by atoms with van der Waals surface area (Å²) < 4.78 is 1.84. The van der Waals surface area contributed by atoms with Crippen molar-refractivity contribution in [2.75, 3.05) is 0 Å². The Hall–Kier alpha value is -1.94. The van der Waals surface area contributed by atoms with Gasteiger partial charge in [-0.1, -0.05) is 31.5 Å². The van der Waals surface area contributed by atoms with Crippen LogP contribution in [0.2, 0.25) is 0 Å². The van der Waals surface area contributed by atoms with E-state index in [4.69, 9.17) is 0 Å². The molecule has 1 aromatic carbocycles. The number of benzene rings is 1. The van der Waals surface area contributed by atoms with Gasteiger partial charge in [0.2, 0.25) is 0 Å². The van der Waals surface area contributed by atoms with E-state index in [9.17, 15) is 5.11 Å². The molecule has 0 fully saturated rings. The van der Waals surface area contributed by atoms with Crippen LogP contribution in [0, 0.1) is 0 Å². The molecule has 0 saturated heterocycles. The van der Waals surface area contributed by atoms with Gasteiger partial charge in [0.15, 0.2) is 0 Å². The van der Waals surface area contributed by atoms with Gasteiger partial charge in [-0.05, 0) is 12.5 Å². The van der Waals surface area contributed by atoms with Gasteiger partial charge in [-0.3, -0.25) is 4.98 Å². The predicted octanol–water partition coefficient (Wildman–Crippen LogP) is 2.88. The number of hydrogen-bond acceptors (Lipinski definition) is 3. The average molecular weight is 241 g/mol. The maximum Gasteiger partial charge on any atom is 0.132 e. The van der Waals surface area contributed by atoms with E-state index in [0.29, 0.717) is 0 Å². The SMILES string of the molecule is CCCC(O)n1cnc2cnc3ccccc3c21. The molecule has 2 heterocycles. The summed E-state index contributed by atoms with van der Waals surface area (Å²) in [7, 11) is 0. The minimum atomic E-state index is -0.522. The molecule has 1 atom stereocenters. The summed E-state index contributed by atoms with van der Waals surface area (Å²) in [6.07, 6.45) is 4.59. The fourth-order valence-electron chi connectivity index (χ4n) is 2.29. The quantitative estimate of drug-likeness (QED) is 0.767. The normalized spacial score (nSPS) is 13.2. The average Bonchev–Trinajstić information content (AvgIpc) is 2.83. The molecule has 0 radical (unpaired) electrons. The van der Waals surface area contributed by atoms with E-state index in [1.54, 1.807) is 12.5 Å². The number of aliphatic hydroxyl groups excluding tert-OH is 1. The predicted molar refractivity (Wildman–Crippen MR) is 71.2 cm³/mol. The van der Waals surface area contributed by atoms with Crippen LogP contribution < -0.4 is 0 Å².